The molecule has 234 valence electrons. The van der Waals surface area contributed by atoms with Gasteiger partial charge < -0.3 is 4.42 Å². The molecule has 50 heavy (non-hydrogen) atoms. The zero-order valence-corrected chi connectivity index (χ0v) is 27.6. The van der Waals surface area contributed by atoms with Crippen molar-refractivity contribution in [1.82, 2.24) is 15.0 Å². The van der Waals surface area contributed by atoms with E-state index < -0.39 is 0 Å². The van der Waals surface area contributed by atoms with Crippen molar-refractivity contribution in [2.75, 3.05) is 0 Å². The molecule has 0 amide bonds. The number of aromatic nitrogens is 3. The summed E-state index contributed by atoms with van der Waals surface area (Å²) < 4.78 is 9.13. The molecule has 0 aliphatic rings. The van der Waals surface area contributed by atoms with E-state index >= 15 is 0 Å². The maximum atomic E-state index is 6.66. The topological polar surface area (TPSA) is 51.8 Å². The number of furan rings is 1. The number of hydrogen-bond acceptors (Lipinski definition) is 5. The molecule has 0 spiro atoms. The normalized spacial score (nSPS) is 11.6. The minimum absolute atomic E-state index is 0.567. The molecule has 10 rings (SSSR count). The lowest BCUT2D eigenvalue weighted by atomic mass is 9.99. The van der Waals surface area contributed by atoms with Crippen LogP contribution in [0.4, 0.5) is 0 Å². The molecule has 7 aromatic carbocycles. The highest BCUT2D eigenvalue weighted by Gasteiger charge is 2.20. The largest absolute Gasteiger partial charge is 0.455 e. The third-order valence-corrected chi connectivity index (χ3v) is 10.5. The van der Waals surface area contributed by atoms with Crippen LogP contribution < -0.4 is 0 Å². The second kappa shape index (κ2) is 11.6. The van der Waals surface area contributed by atoms with Crippen LogP contribution in [0.2, 0.25) is 0 Å². The quantitative estimate of drug-likeness (QED) is 0.185. The molecule has 5 heteroatoms. The molecule has 0 unspecified atom stereocenters. The molecule has 3 heterocycles. The number of para-hydroxylation sites is 1. The van der Waals surface area contributed by atoms with Gasteiger partial charge in [-0.1, -0.05) is 133 Å². The highest BCUT2D eigenvalue weighted by molar-refractivity contribution is 7.25. The van der Waals surface area contributed by atoms with Crippen molar-refractivity contribution in [3.05, 3.63) is 164 Å². The van der Waals surface area contributed by atoms with Crippen LogP contribution in [0, 0.1) is 0 Å². The molecule has 3 aromatic heterocycles. The van der Waals surface area contributed by atoms with Crippen molar-refractivity contribution in [3.63, 3.8) is 0 Å². The highest BCUT2D eigenvalue weighted by Crippen LogP contribution is 2.41. The van der Waals surface area contributed by atoms with Crippen LogP contribution in [0.25, 0.3) is 98.5 Å². The molecule has 0 saturated heterocycles. The average Bonchev–Trinajstić information content (AvgIpc) is 3.77. The van der Waals surface area contributed by atoms with E-state index in [9.17, 15) is 0 Å². The number of fused-ring (bicyclic) bond motifs is 6. The number of thiophene rings is 1. The van der Waals surface area contributed by atoms with Gasteiger partial charge in [0.1, 0.15) is 11.2 Å². The summed E-state index contributed by atoms with van der Waals surface area (Å²) in [5.74, 6) is 1.79. The number of rotatable bonds is 5. The van der Waals surface area contributed by atoms with Gasteiger partial charge >= 0.3 is 0 Å². The van der Waals surface area contributed by atoms with Crippen molar-refractivity contribution in [1.29, 1.82) is 0 Å². The Labute approximate surface area is 292 Å². The Hall–Kier alpha value is -6.43. The third-order valence-electron chi connectivity index (χ3n) is 9.35. The summed E-state index contributed by atoms with van der Waals surface area (Å²) in [6.07, 6.45) is 0. The van der Waals surface area contributed by atoms with E-state index in [2.05, 4.69) is 140 Å². The lowest BCUT2D eigenvalue weighted by molar-refractivity contribution is 0.669. The molecule has 0 aliphatic heterocycles. The smallest absolute Gasteiger partial charge is 0.167 e. The Morgan fingerprint density at radius 1 is 0.380 bits per heavy atom. The van der Waals surface area contributed by atoms with Crippen LogP contribution >= 0.6 is 11.3 Å². The summed E-state index contributed by atoms with van der Waals surface area (Å²) in [4.78, 5) is 15.4. The van der Waals surface area contributed by atoms with E-state index in [0.29, 0.717) is 17.5 Å². The van der Waals surface area contributed by atoms with Crippen molar-refractivity contribution >= 4 is 53.4 Å². The second-order valence-corrected chi connectivity index (χ2v) is 13.5. The summed E-state index contributed by atoms with van der Waals surface area (Å²) in [6, 6.07) is 56.8. The Kier molecular flexibility index (Phi) is 6.64. The van der Waals surface area contributed by atoms with Gasteiger partial charge in [0.25, 0.3) is 0 Å². The maximum Gasteiger partial charge on any atom is 0.167 e. The van der Waals surface area contributed by atoms with Crippen molar-refractivity contribution in [3.8, 4) is 56.4 Å². The summed E-state index contributed by atoms with van der Waals surface area (Å²) in [5, 5.41) is 4.61. The first-order valence-electron chi connectivity index (χ1n) is 16.6. The van der Waals surface area contributed by atoms with Crippen LogP contribution in [0.5, 0.6) is 0 Å². The standard InChI is InChI=1S/C45H27N3OS/c1-3-12-28(13-4-1)30-16-9-17-31(26-30)43-46-44(32-24-25-35-34-18-7-8-23-39(34)50-40(35)27-32)48-45(47-43)37-21-10-20-36-41-33(29-14-5-2-6-15-29)19-11-22-38(41)49-42(36)37/h1-27H. The fraction of sp³-hybridized carbons (Fsp3) is 0. The van der Waals surface area contributed by atoms with Crippen LogP contribution in [-0.4, -0.2) is 15.0 Å². The number of nitrogens with zero attached hydrogens (tertiary/aromatic N) is 3. The predicted molar refractivity (Wildman–Crippen MR) is 207 cm³/mol. The van der Waals surface area contributed by atoms with E-state index in [4.69, 9.17) is 19.4 Å². The summed E-state index contributed by atoms with van der Waals surface area (Å²) in [7, 11) is 0. The van der Waals surface area contributed by atoms with Gasteiger partial charge in [-0.3, -0.25) is 0 Å². The van der Waals surface area contributed by atoms with Gasteiger partial charge in [-0.2, -0.15) is 0 Å². The van der Waals surface area contributed by atoms with Gasteiger partial charge in [0.2, 0.25) is 0 Å². The summed E-state index contributed by atoms with van der Waals surface area (Å²) in [6.45, 7) is 0. The first-order valence-corrected chi connectivity index (χ1v) is 17.4. The average molecular weight is 658 g/mol. The Balaban J connectivity index is 1.20. The Morgan fingerprint density at radius 2 is 0.980 bits per heavy atom. The molecule has 0 atom stereocenters. The third kappa shape index (κ3) is 4.79. The lowest BCUT2D eigenvalue weighted by Gasteiger charge is -2.10. The van der Waals surface area contributed by atoms with Gasteiger partial charge in [0.05, 0.1) is 5.56 Å². The van der Waals surface area contributed by atoms with Crippen LogP contribution in [0.15, 0.2) is 168 Å². The van der Waals surface area contributed by atoms with E-state index in [1.807, 2.05) is 24.3 Å². The van der Waals surface area contributed by atoms with Gasteiger partial charge in [0.15, 0.2) is 17.5 Å². The SMILES string of the molecule is c1ccc(-c2cccc(-c3nc(-c4ccc5c(c4)sc4ccccc45)nc(-c4cccc5c4oc4cccc(-c6ccccc6)c45)n3)c2)cc1. The monoisotopic (exact) mass is 657 g/mol. The zero-order chi connectivity index (χ0) is 33.0. The molecule has 0 aliphatic carbocycles. The maximum absolute atomic E-state index is 6.66. The number of hydrogen-bond donors (Lipinski definition) is 0. The molecule has 0 radical (unpaired) electrons. The lowest BCUT2D eigenvalue weighted by Crippen LogP contribution is -2.00. The van der Waals surface area contributed by atoms with Crippen LogP contribution in [-0.2, 0) is 0 Å². The fourth-order valence-electron chi connectivity index (χ4n) is 6.97. The van der Waals surface area contributed by atoms with Gasteiger partial charge in [-0.25, -0.2) is 15.0 Å². The molecule has 4 nitrogen and oxygen atoms in total. The minimum atomic E-state index is 0.567. The predicted octanol–water partition coefficient (Wildman–Crippen LogP) is 12.5. The van der Waals surface area contributed by atoms with Gasteiger partial charge in [-0.05, 0) is 52.6 Å². The summed E-state index contributed by atoms with van der Waals surface area (Å²) >= 11 is 1.79. The van der Waals surface area contributed by atoms with Crippen LogP contribution in [0.1, 0.15) is 0 Å². The number of benzene rings is 7. The molecule has 0 bridgehead atoms. The van der Waals surface area contributed by atoms with Gasteiger partial charge in [0, 0.05) is 42.1 Å². The fourth-order valence-corrected chi connectivity index (χ4v) is 8.12. The second-order valence-electron chi connectivity index (χ2n) is 12.4. The van der Waals surface area contributed by atoms with E-state index in [-0.39, 0.29) is 0 Å². The van der Waals surface area contributed by atoms with Gasteiger partial charge in [-0.15, -0.1) is 11.3 Å². The molecule has 0 saturated carbocycles. The first-order chi connectivity index (χ1) is 24.8. The molecular formula is C45H27N3OS. The molecular weight excluding hydrogens is 631 g/mol. The highest BCUT2D eigenvalue weighted by atomic mass is 32.1. The molecule has 10 aromatic rings. The Bertz CT molecular complexity index is 2870. The van der Waals surface area contributed by atoms with Crippen molar-refractivity contribution < 1.29 is 4.42 Å². The van der Waals surface area contributed by atoms with Crippen molar-refractivity contribution in [2.24, 2.45) is 0 Å². The molecule has 0 N–H and O–H groups in total. The van der Waals surface area contributed by atoms with E-state index in [0.717, 1.165) is 60.9 Å². The van der Waals surface area contributed by atoms with E-state index in [1.165, 1.54) is 20.2 Å². The minimum Gasteiger partial charge on any atom is -0.455 e. The Morgan fingerprint density at radius 3 is 1.82 bits per heavy atom. The zero-order valence-electron chi connectivity index (χ0n) is 26.7. The van der Waals surface area contributed by atoms with Crippen molar-refractivity contribution in [2.45, 2.75) is 0 Å². The van der Waals surface area contributed by atoms with E-state index in [1.54, 1.807) is 11.3 Å². The first kappa shape index (κ1) is 28.6. The summed E-state index contributed by atoms with van der Waals surface area (Å²) in [5.41, 5.74) is 8.78. The molecule has 0 fully saturated rings. The van der Waals surface area contributed by atoms with Crippen LogP contribution in [0.3, 0.4) is 0 Å².